The Morgan fingerprint density at radius 2 is 1.89 bits per heavy atom. The van der Waals surface area contributed by atoms with Crippen LogP contribution in [0.3, 0.4) is 0 Å². The van der Waals surface area contributed by atoms with Crippen LogP contribution in [0, 0.1) is 0 Å². The molecular formula is C15H18N2S. The van der Waals surface area contributed by atoms with E-state index in [4.69, 9.17) is 0 Å². The molecule has 0 radical (unpaired) electrons. The number of rotatable bonds is 5. The second kappa shape index (κ2) is 6.57. The lowest BCUT2D eigenvalue weighted by atomic mass is 10.1. The fraction of sp³-hybridized carbons (Fsp3) is 0.267. The third-order valence-corrected chi connectivity index (χ3v) is 3.87. The van der Waals surface area contributed by atoms with Gasteiger partial charge in [0.1, 0.15) is 0 Å². The predicted molar refractivity (Wildman–Crippen MR) is 76.9 cm³/mol. The summed E-state index contributed by atoms with van der Waals surface area (Å²) in [6, 6.07) is 13.0. The van der Waals surface area contributed by atoms with Crippen molar-refractivity contribution in [3.05, 3.63) is 54.4 Å². The van der Waals surface area contributed by atoms with E-state index in [0.29, 0.717) is 6.04 Å². The van der Waals surface area contributed by atoms with Gasteiger partial charge in [-0.05, 0) is 37.2 Å². The standard InChI is InChI=1S/C15H18N2S/c1-3-17-12(2)14-6-4-5-7-15(14)18-13-8-10-16-11-9-13/h4-12,17H,3H2,1-2H3. The first-order valence-corrected chi connectivity index (χ1v) is 7.03. The van der Waals surface area contributed by atoms with Crippen molar-refractivity contribution >= 4 is 11.8 Å². The zero-order valence-electron chi connectivity index (χ0n) is 10.8. The van der Waals surface area contributed by atoms with Crippen molar-refractivity contribution in [1.29, 1.82) is 0 Å². The summed E-state index contributed by atoms with van der Waals surface area (Å²) in [6.45, 7) is 5.32. The van der Waals surface area contributed by atoms with E-state index >= 15 is 0 Å². The number of aromatic nitrogens is 1. The highest BCUT2D eigenvalue weighted by Gasteiger charge is 2.09. The van der Waals surface area contributed by atoms with Crippen molar-refractivity contribution in [2.24, 2.45) is 0 Å². The van der Waals surface area contributed by atoms with Crippen LogP contribution in [-0.2, 0) is 0 Å². The number of hydrogen-bond acceptors (Lipinski definition) is 3. The SMILES string of the molecule is CCNC(C)c1ccccc1Sc1ccncc1. The molecule has 0 aliphatic rings. The van der Waals surface area contributed by atoms with Gasteiger partial charge in [-0.3, -0.25) is 4.98 Å². The Labute approximate surface area is 113 Å². The van der Waals surface area contributed by atoms with Gasteiger partial charge < -0.3 is 5.32 Å². The maximum absolute atomic E-state index is 4.05. The van der Waals surface area contributed by atoms with Gasteiger partial charge in [-0.15, -0.1) is 0 Å². The number of nitrogens with one attached hydrogen (secondary N) is 1. The lowest BCUT2D eigenvalue weighted by Crippen LogP contribution is -2.18. The monoisotopic (exact) mass is 258 g/mol. The smallest absolute Gasteiger partial charge is 0.0302 e. The van der Waals surface area contributed by atoms with Crippen LogP contribution in [0.2, 0.25) is 0 Å². The molecule has 1 N–H and O–H groups in total. The molecule has 2 aromatic rings. The van der Waals surface area contributed by atoms with Gasteiger partial charge in [-0.2, -0.15) is 0 Å². The van der Waals surface area contributed by atoms with Gasteiger partial charge >= 0.3 is 0 Å². The fourth-order valence-corrected chi connectivity index (χ4v) is 2.90. The zero-order chi connectivity index (χ0) is 12.8. The summed E-state index contributed by atoms with van der Waals surface area (Å²) in [5.74, 6) is 0. The van der Waals surface area contributed by atoms with Crippen molar-refractivity contribution in [3.8, 4) is 0 Å². The first-order chi connectivity index (χ1) is 8.81. The molecule has 3 heteroatoms. The molecule has 0 aliphatic carbocycles. The summed E-state index contributed by atoms with van der Waals surface area (Å²) >= 11 is 1.79. The Balaban J connectivity index is 2.22. The van der Waals surface area contributed by atoms with Gasteiger partial charge in [0.15, 0.2) is 0 Å². The van der Waals surface area contributed by atoms with Crippen molar-refractivity contribution in [1.82, 2.24) is 10.3 Å². The molecule has 2 rings (SSSR count). The van der Waals surface area contributed by atoms with Crippen LogP contribution in [0.1, 0.15) is 25.5 Å². The first kappa shape index (κ1) is 13.1. The molecule has 0 bridgehead atoms. The summed E-state index contributed by atoms with van der Waals surface area (Å²) in [7, 11) is 0. The second-order valence-electron chi connectivity index (χ2n) is 4.10. The van der Waals surface area contributed by atoms with Crippen molar-refractivity contribution < 1.29 is 0 Å². The highest BCUT2D eigenvalue weighted by atomic mass is 32.2. The minimum atomic E-state index is 0.375. The van der Waals surface area contributed by atoms with E-state index in [1.165, 1.54) is 15.4 Å². The molecular weight excluding hydrogens is 240 g/mol. The second-order valence-corrected chi connectivity index (χ2v) is 5.22. The maximum Gasteiger partial charge on any atom is 0.0302 e. The zero-order valence-corrected chi connectivity index (χ0v) is 11.6. The predicted octanol–water partition coefficient (Wildman–Crippen LogP) is 3.90. The first-order valence-electron chi connectivity index (χ1n) is 6.21. The largest absolute Gasteiger partial charge is 0.310 e. The van der Waals surface area contributed by atoms with E-state index in [-0.39, 0.29) is 0 Å². The Hall–Kier alpha value is -1.32. The molecule has 1 atom stereocenters. The molecule has 1 aromatic carbocycles. The number of hydrogen-bond donors (Lipinski definition) is 1. The van der Waals surface area contributed by atoms with Gasteiger partial charge in [0.25, 0.3) is 0 Å². The number of pyridine rings is 1. The average Bonchev–Trinajstić information content (AvgIpc) is 2.41. The van der Waals surface area contributed by atoms with E-state index in [2.05, 4.69) is 48.4 Å². The molecule has 18 heavy (non-hydrogen) atoms. The molecule has 0 aliphatic heterocycles. The van der Waals surface area contributed by atoms with Gasteiger partial charge in [0.05, 0.1) is 0 Å². The topological polar surface area (TPSA) is 24.9 Å². The van der Waals surface area contributed by atoms with Crippen LogP contribution in [0.5, 0.6) is 0 Å². The molecule has 1 unspecified atom stereocenters. The minimum absolute atomic E-state index is 0.375. The molecule has 0 amide bonds. The van der Waals surface area contributed by atoms with Gasteiger partial charge in [0, 0.05) is 28.2 Å². The third-order valence-electron chi connectivity index (χ3n) is 2.77. The highest BCUT2D eigenvalue weighted by molar-refractivity contribution is 7.99. The Bertz CT molecular complexity index is 485. The van der Waals surface area contributed by atoms with Gasteiger partial charge in [0.2, 0.25) is 0 Å². The molecule has 0 fully saturated rings. The number of benzene rings is 1. The van der Waals surface area contributed by atoms with Crippen LogP contribution < -0.4 is 5.32 Å². The highest BCUT2D eigenvalue weighted by Crippen LogP contribution is 2.32. The van der Waals surface area contributed by atoms with E-state index in [9.17, 15) is 0 Å². The molecule has 0 spiro atoms. The lowest BCUT2D eigenvalue weighted by molar-refractivity contribution is 0.590. The van der Waals surface area contributed by atoms with Crippen LogP contribution in [0.25, 0.3) is 0 Å². The summed E-state index contributed by atoms with van der Waals surface area (Å²) in [5.41, 5.74) is 1.35. The molecule has 1 aromatic heterocycles. The third kappa shape index (κ3) is 3.34. The average molecular weight is 258 g/mol. The van der Waals surface area contributed by atoms with Crippen molar-refractivity contribution in [2.75, 3.05) is 6.54 Å². The Morgan fingerprint density at radius 1 is 1.17 bits per heavy atom. The van der Waals surface area contributed by atoms with Gasteiger partial charge in [-0.1, -0.05) is 36.9 Å². The number of nitrogens with zero attached hydrogens (tertiary/aromatic N) is 1. The van der Waals surface area contributed by atoms with Gasteiger partial charge in [-0.25, -0.2) is 0 Å². The maximum atomic E-state index is 4.05. The molecule has 2 nitrogen and oxygen atoms in total. The molecule has 1 heterocycles. The molecule has 0 saturated heterocycles. The lowest BCUT2D eigenvalue weighted by Gasteiger charge is -2.16. The van der Waals surface area contributed by atoms with Crippen LogP contribution in [-0.4, -0.2) is 11.5 Å². The van der Waals surface area contributed by atoms with Crippen molar-refractivity contribution in [2.45, 2.75) is 29.7 Å². The van der Waals surface area contributed by atoms with Crippen LogP contribution >= 0.6 is 11.8 Å². The van der Waals surface area contributed by atoms with Crippen LogP contribution in [0.4, 0.5) is 0 Å². The summed E-state index contributed by atoms with van der Waals surface area (Å²) in [4.78, 5) is 6.57. The summed E-state index contributed by atoms with van der Waals surface area (Å²) in [6.07, 6.45) is 3.66. The van der Waals surface area contributed by atoms with Crippen molar-refractivity contribution in [3.63, 3.8) is 0 Å². The normalized spacial score (nSPS) is 12.3. The fourth-order valence-electron chi connectivity index (χ4n) is 1.88. The Morgan fingerprint density at radius 3 is 2.61 bits per heavy atom. The van der Waals surface area contributed by atoms with E-state index < -0.39 is 0 Å². The van der Waals surface area contributed by atoms with E-state index in [0.717, 1.165) is 6.54 Å². The van der Waals surface area contributed by atoms with E-state index in [1.807, 2.05) is 24.5 Å². The summed E-state index contributed by atoms with van der Waals surface area (Å²) < 4.78 is 0. The molecule has 94 valence electrons. The van der Waals surface area contributed by atoms with Crippen LogP contribution in [0.15, 0.2) is 58.6 Å². The Kier molecular flexibility index (Phi) is 4.79. The summed E-state index contributed by atoms with van der Waals surface area (Å²) in [5, 5.41) is 3.46. The van der Waals surface area contributed by atoms with E-state index in [1.54, 1.807) is 11.8 Å². The molecule has 0 saturated carbocycles. The quantitative estimate of drug-likeness (QED) is 0.880. The minimum Gasteiger partial charge on any atom is -0.310 e.